The van der Waals surface area contributed by atoms with Crippen molar-refractivity contribution in [1.29, 1.82) is 0 Å². The van der Waals surface area contributed by atoms with Crippen LogP contribution in [0.2, 0.25) is 0 Å². The first-order valence-corrected chi connectivity index (χ1v) is 10.7. The molecule has 150 valence electrons. The number of halogens is 3. The predicted molar refractivity (Wildman–Crippen MR) is 106 cm³/mol. The normalized spacial score (nSPS) is 29.5. The molecule has 0 atom stereocenters. The molecular weight excluding hydrogens is 345 g/mol. The van der Waals surface area contributed by atoms with Crippen LogP contribution in [-0.2, 0) is 6.67 Å². The van der Waals surface area contributed by atoms with Gasteiger partial charge in [0.1, 0.15) is 6.67 Å². The first-order chi connectivity index (χ1) is 13.2. The van der Waals surface area contributed by atoms with Gasteiger partial charge >= 0.3 is 0 Å². The van der Waals surface area contributed by atoms with Crippen molar-refractivity contribution >= 4 is 0 Å². The van der Waals surface area contributed by atoms with E-state index in [2.05, 4.69) is 12.1 Å². The van der Waals surface area contributed by atoms with E-state index in [1.54, 1.807) is 6.08 Å². The maximum absolute atomic E-state index is 12.7. The maximum atomic E-state index is 12.7. The molecule has 2 fully saturated rings. The standard InChI is InChI=1S/C24H33F3/c25-17-19-7-11-21(12-8-19)23-15-13-22(14-16-23)20-9-5-18(6-10-20)3-1-2-4-24(26)27/h2,4,7-8,11-12,18,20,22-24H,1,3,5-6,9-10,13-17H2/t18-,20-,22-,23-. The highest BCUT2D eigenvalue weighted by Crippen LogP contribution is 2.44. The summed E-state index contributed by atoms with van der Waals surface area (Å²) in [6.45, 7) is -0.377. The van der Waals surface area contributed by atoms with E-state index in [1.165, 1.54) is 56.9 Å². The molecule has 0 bridgehead atoms. The van der Waals surface area contributed by atoms with Gasteiger partial charge in [-0.2, -0.15) is 0 Å². The molecule has 0 nitrogen and oxygen atoms in total. The van der Waals surface area contributed by atoms with Crippen molar-refractivity contribution in [1.82, 2.24) is 0 Å². The molecule has 0 radical (unpaired) electrons. The highest BCUT2D eigenvalue weighted by molar-refractivity contribution is 5.25. The van der Waals surface area contributed by atoms with E-state index in [4.69, 9.17) is 0 Å². The van der Waals surface area contributed by atoms with Crippen LogP contribution in [0.15, 0.2) is 36.4 Å². The lowest BCUT2D eigenvalue weighted by molar-refractivity contribution is 0.157. The molecule has 1 aromatic rings. The zero-order chi connectivity index (χ0) is 19.1. The number of hydrogen-bond acceptors (Lipinski definition) is 0. The molecule has 2 aliphatic rings. The molecule has 2 saturated carbocycles. The lowest BCUT2D eigenvalue weighted by Crippen LogP contribution is -2.25. The Kier molecular flexibility index (Phi) is 7.84. The largest absolute Gasteiger partial charge is 0.257 e. The third-order valence-electron chi connectivity index (χ3n) is 6.96. The summed E-state index contributed by atoms with van der Waals surface area (Å²) in [5.41, 5.74) is 2.15. The fourth-order valence-electron chi connectivity index (χ4n) is 5.28. The minimum Gasteiger partial charge on any atom is -0.246 e. The van der Waals surface area contributed by atoms with Crippen LogP contribution in [0.25, 0.3) is 0 Å². The minimum atomic E-state index is -2.31. The Morgan fingerprint density at radius 1 is 0.852 bits per heavy atom. The second kappa shape index (κ2) is 10.3. The second-order valence-electron chi connectivity index (χ2n) is 8.61. The summed E-state index contributed by atoms with van der Waals surface area (Å²) in [6.07, 6.45) is 12.6. The molecule has 0 aromatic heterocycles. The summed E-state index contributed by atoms with van der Waals surface area (Å²) >= 11 is 0. The monoisotopic (exact) mass is 378 g/mol. The van der Waals surface area contributed by atoms with Crippen molar-refractivity contribution < 1.29 is 13.2 Å². The number of hydrogen-bond donors (Lipinski definition) is 0. The van der Waals surface area contributed by atoms with Crippen LogP contribution in [0.5, 0.6) is 0 Å². The Bertz CT molecular complexity index is 562. The molecule has 0 saturated heterocycles. The molecule has 1 aromatic carbocycles. The first kappa shape index (κ1) is 20.5. The number of allylic oxidation sites excluding steroid dienone is 2. The Morgan fingerprint density at radius 2 is 1.44 bits per heavy atom. The van der Waals surface area contributed by atoms with Crippen molar-refractivity contribution in [3.63, 3.8) is 0 Å². The van der Waals surface area contributed by atoms with Crippen LogP contribution in [0.4, 0.5) is 13.2 Å². The highest BCUT2D eigenvalue weighted by atomic mass is 19.3. The van der Waals surface area contributed by atoms with Gasteiger partial charge < -0.3 is 0 Å². The summed E-state index contributed by atoms with van der Waals surface area (Å²) in [5, 5.41) is 0. The lowest BCUT2D eigenvalue weighted by Gasteiger charge is -2.38. The highest BCUT2D eigenvalue weighted by Gasteiger charge is 2.31. The quantitative estimate of drug-likeness (QED) is 0.424. The average molecular weight is 379 g/mol. The van der Waals surface area contributed by atoms with E-state index in [9.17, 15) is 13.2 Å². The zero-order valence-electron chi connectivity index (χ0n) is 16.3. The molecule has 0 unspecified atom stereocenters. The van der Waals surface area contributed by atoms with Gasteiger partial charge in [-0.25, -0.2) is 13.2 Å². The topological polar surface area (TPSA) is 0 Å². The SMILES string of the molecule is FCc1ccc([C@H]2CC[C@H]([C@H]3CC[C@H](CCC=CC(F)F)CC3)CC2)cc1. The maximum Gasteiger partial charge on any atom is 0.257 e. The molecule has 0 spiro atoms. The lowest BCUT2D eigenvalue weighted by atomic mass is 9.68. The van der Waals surface area contributed by atoms with Crippen molar-refractivity contribution in [3.05, 3.63) is 47.5 Å². The van der Waals surface area contributed by atoms with Crippen LogP contribution in [-0.4, -0.2) is 6.43 Å². The fourth-order valence-corrected chi connectivity index (χ4v) is 5.28. The number of benzene rings is 1. The van der Waals surface area contributed by atoms with Crippen LogP contribution in [0.1, 0.15) is 81.3 Å². The van der Waals surface area contributed by atoms with Gasteiger partial charge in [0.15, 0.2) is 0 Å². The number of rotatable bonds is 7. The van der Waals surface area contributed by atoms with Crippen LogP contribution < -0.4 is 0 Å². The van der Waals surface area contributed by atoms with Crippen LogP contribution >= 0.6 is 0 Å². The van der Waals surface area contributed by atoms with Gasteiger partial charge in [0.05, 0.1) is 0 Å². The molecule has 27 heavy (non-hydrogen) atoms. The van der Waals surface area contributed by atoms with E-state index >= 15 is 0 Å². The fraction of sp³-hybridized carbons (Fsp3) is 0.667. The third kappa shape index (κ3) is 6.12. The summed E-state index contributed by atoms with van der Waals surface area (Å²) in [6, 6.07) is 8.10. The van der Waals surface area contributed by atoms with E-state index < -0.39 is 6.43 Å². The first-order valence-electron chi connectivity index (χ1n) is 10.7. The smallest absolute Gasteiger partial charge is 0.246 e. The number of alkyl halides is 3. The van der Waals surface area contributed by atoms with Gasteiger partial charge in [-0.05, 0) is 92.2 Å². The van der Waals surface area contributed by atoms with Crippen molar-refractivity contribution in [2.75, 3.05) is 0 Å². The summed E-state index contributed by atoms with van der Waals surface area (Å²) < 4.78 is 36.9. The van der Waals surface area contributed by atoms with Gasteiger partial charge in [0.25, 0.3) is 6.43 Å². The minimum absolute atomic E-state index is 0.377. The zero-order valence-corrected chi connectivity index (χ0v) is 16.3. The average Bonchev–Trinajstić information content (AvgIpc) is 2.72. The van der Waals surface area contributed by atoms with E-state index in [1.807, 2.05) is 12.1 Å². The van der Waals surface area contributed by atoms with Crippen molar-refractivity contribution in [2.24, 2.45) is 17.8 Å². The molecule has 2 aliphatic carbocycles. The summed E-state index contributed by atoms with van der Waals surface area (Å²) in [7, 11) is 0. The summed E-state index contributed by atoms with van der Waals surface area (Å²) in [4.78, 5) is 0. The van der Waals surface area contributed by atoms with Gasteiger partial charge in [0, 0.05) is 0 Å². The van der Waals surface area contributed by atoms with E-state index in [0.29, 0.717) is 5.92 Å². The Labute approximate surface area is 162 Å². The van der Waals surface area contributed by atoms with Gasteiger partial charge in [-0.1, -0.05) is 43.2 Å². The van der Waals surface area contributed by atoms with Gasteiger partial charge in [-0.15, -0.1) is 0 Å². The second-order valence-corrected chi connectivity index (χ2v) is 8.61. The van der Waals surface area contributed by atoms with Crippen molar-refractivity contribution in [3.8, 4) is 0 Å². The molecule has 3 heteroatoms. The molecule has 0 N–H and O–H groups in total. The van der Waals surface area contributed by atoms with E-state index in [0.717, 1.165) is 42.2 Å². The van der Waals surface area contributed by atoms with E-state index in [-0.39, 0.29) is 6.67 Å². The van der Waals surface area contributed by atoms with Gasteiger partial charge in [-0.3, -0.25) is 0 Å². The third-order valence-corrected chi connectivity index (χ3v) is 6.96. The van der Waals surface area contributed by atoms with Crippen molar-refractivity contribution in [2.45, 2.75) is 83.2 Å². The Morgan fingerprint density at radius 3 is 2.00 bits per heavy atom. The summed E-state index contributed by atoms with van der Waals surface area (Å²) in [5.74, 6) is 3.11. The predicted octanol–water partition coefficient (Wildman–Crippen LogP) is 7.84. The molecule has 0 amide bonds. The van der Waals surface area contributed by atoms with Crippen LogP contribution in [0, 0.1) is 17.8 Å². The molecule has 0 aliphatic heterocycles. The Balaban J connectivity index is 1.38. The Hall–Kier alpha value is -1.25. The van der Waals surface area contributed by atoms with Gasteiger partial charge in [0.2, 0.25) is 0 Å². The molecule has 0 heterocycles. The molecular formula is C24H33F3. The van der Waals surface area contributed by atoms with Crippen LogP contribution in [0.3, 0.4) is 0 Å². The molecule has 3 rings (SSSR count).